The van der Waals surface area contributed by atoms with E-state index in [1.807, 2.05) is 24.3 Å². The van der Waals surface area contributed by atoms with Crippen molar-refractivity contribution in [2.24, 2.45) is 0 Å². The minimum Gasteiger partial charge on any atom is -0.406 e. The van der Waals surface area contributed by atoms with E-state index in [1.165, 1.54) is 31.2 Å². The highest BCUT2D eigenvalue weighted by Gasteiger charge is 2.31. The van der Waals surface area contributed by atoms with Crippen molar-refractivity contribution in [2.75, 3.05) is 41.7 Å². The zero-order valence-corrected chi connectivity index (χ0v) is 21.3. The Morgan fingerprint density at radius 2 is 1.74 bits per heavy atom. The fourth-order valence-corrected chi connectivity index (χ4v) is 4.73. The summed E-state index contributed by atoms with van der Waals surface area (Å²) in [6.45, 7) is 8.39. The maximum atomic E-state index is 12.4. The van der Waals surface area contributed by atoms with Crippen molar-refractivity contribution < 1.29 is 22.7 Å². The molecule has 0 saturated carbocycles. The number of ether oxygens (including phenoxy) is 1. The van der Waals surface area contributed by atoms with E-state index in [0.29, 0.717) is 44.1 Å². The zero-order chi connectivity index (χ0) is 27.6. The van der Waals surface area contributed by atoms with Crippen LogP contribution in [0.25, 0.3) is 11.6 Å². The molecule has 0 unspecified atom stereocenters. The summed E-state index contributed by atoms with van der Waals surface area (Å²) in [5, 5.41) is 5.98. The molecule has 0 atom stereocenters. The monoisotopic (exact) mass is 536 g/mol. The summed E-state index contributed by atoms with van der Waals surface area (Å²) in [7, 11) is 0. The Labute approximate surface area is 223 Å². The van der Waals surface area contributed by atoms with Gasteiger partial charge >= 0.3 is 6.36 Å². The topological polar surface area (TPSA) is 82.6 Å². The second-order valence-electron chi connectivity index (χ2n) is 9.28. The zero-order valence-electron chi connectivity index (χ0n) is 21.3. The first-order valence-corrected chi connectivity index (χ1v) is 12.4. The lowest BCUT2D eigenvalue weighted by Gasteiger charge is -2.38. The SMILES string of the molecule is C=C(Nc1ccc(OC(F)(F)F)cc1)N1CCN(c2ncnc3c2C=C(c2cccc(NC(C)=O)c2)C3)CC1. The van der Waals surface area contributed by atoms with Crippen LogP contribution in [0.3, 0.4) is 0 Å². The number of nitrogens with one attached hydrogen (secondary N) is 2. The van der Waals surface area contributed by atoms with Gasteiger partial charge in [-0.1, -0.05) is 18.7 Å². The van der Waals surface area contributed by atoms with Gasteiger partial charge in [0.2, 0.25) is 5.91 Å². The van der Waals surface area contributed by atoms with E-state index in [9.17, 15) is 18.0 Å². The van der Waals surface area contributed by atoms with Crippen LogP contribution >= 0.6 is 0 Å². The first-order valence-electron chi connectivity index (χ1n) is 12.4. The molecule has 2 N–H and O–H groups in total. The van der Waals surface area contributed by atoms with Gasteiger partial charge < -0.3 is 25.2 Å². The van der Waals surface area contributed by atoms with Gasteiger partial charge in [-0.05, 0) is 53.6 Å². The molecule has 0 bridgehead atoms. The number of nitrogens with zero attached hydrogens (tertiary/aromatic N) is 4. The fourth-order valence-electron chi connectivity index (χ4n) is 4.73. The molecular formula is C28H27F3N6O2. The highest BCUT2D eigenvalue weighted by molar-refractivity contribution is 5.93. The van der Waals surface area contributed by atoms with E-state index < -0.39 is 6.36 Å². The molecular weight excluding hydrogens is 509 g/mol. The standard InChI is InChI=1S/C28H27F3N6O2/c1-18(34-22-6-8-24(9-7-22)39-28(29,30)31)36-10-12-37(13-11-36)27-25-15-21(16-26(25)32-17-33-27)20-4-3-5-23(14-20)35-19(2)38/h3-9,14-15,17,34H,1,10-13,16H2,2H3,(H,35,38). The molecule has 1 aliphatic carbocycles. The molecule has 8 nitrogen and oxygen atoms in total. The number of piperazine rings is 1. The van der Waals surface area contributed by atoms with Crippen molar-refractivity contribution in [2.45, 2.75) is 19.7 Å². The lowest BCUT2D eigenvalue weighted by molar-refractivity contribution is -0.274. The van der Waals surface area contributed by atoms with Crippen LogP contribution < -0.4 is 20.3 Å². The molecule has 202 valence electrons. The molecule has 1 aliphatic heterocycles. The number of hydrogen-bond donors (Lipinski definition) is 2. The number of fused-ring (bicyclic) bond motifs is 1. The summed E-state index contributed by atoms with van der Waals surface area (Å²) in [4.78, 5) is 24.9. The van der Waals surface area contributed by atoms with Crippen LogP contribution in [0.15, 0.2) is 67.3 Å². The van der Waals surface area contributed by atoms with E-state index in [2.05, 4.69) is 47.8 Å². The van der Waals surface area contributed by atoms with Crippen molar-refractivity contribution >= 4 is 34.7 Å². The first-order chi connectivity index (χ1) is 18.6. The number of benzene rings is 2. The molecule has 1 amide bonds. The van der Waals surface area contributed by atoms with E-state index in [-0.39, 0.29) is 11.7 Å². The number of amides is 1. The van der Waals surface area contributed by atoms with Gasteiger partial charge in [0.1, 0.15) is 17.9 Å². The van der Waals surface area contributed by atoms with Gasteiger partial charge in [-0.3, -0.25) is 4.79 Å². The van der Waals surface area contributed by atoms with Crippen LogP contribution in [0.2, 0.25) is 0 Å². The van der Waals surface area contributed by atoms with Crippen LogP contribution in [0.4, 0.5) is 30.4 Å². The molecule has 11 heteroatoms. The van der Waals surface area contributed by atoms with E-state index in [1.54, 1.807) is 6.33 Å². The molecule has 1 aromatic heterocycles. The minimum absolute atomic E-state index is 0.116. The number of hydrogen-bond acceptors (Lipinski definition) is 7. The third-order valence-corrected chi connectivity index (χ3v) is 6.51. The number of allylic oxidation sites excluding steroid dienone is 1. The molecule has 0 spiro atoms. The smallest absolute Gasteiger partial charge is 0.406 e. The Morgan fingerprint density at radius 3 is 2.44 bits per heavy atom. The number of alkyl halides is 3. The number of carbonyl (C=O) groups is 1. The van der Waals surface area contributed by atoms with Crippen molar-refractivity contribution in [3.8, 4) is 5.75 Å². The van der Waals surface area contributed by atoms with E-state index in [4.69, 9.17) is 0 Å². The summed E-state index contributed by atoms with van der Waals surface area (Å²) in [6.07, 6.45) is -0.325. The molecule has 3 aromatic rings. The maximum absolute atomic E-state index is 12.4. The van der Waals surface area contributed by atoms with Crippen molar-refractivity contribution in [1.29, 1.82) is 0 Å². The van der Waals surface area contributed by atoms with Gasteiger partial charge in [-0.2, -0.15) is 0 Å². The Bertz CT molecular complexity index is 1410. The normalized spacial score (nSPS) is 14.9. The molecule has 39 heavy (non-hydrogen) atoms. The van der Waals surface area contributed by atoms with Crippen LogP contribution in [-0.4, -0.2) is 53.3 Å². The summed E-state index contributed by atoms with van der Waals surface area (Å²) in [5.41, 5.74) is 5.47. The predicted molar refractivity (Wildman–Crippen MR) is 144 cm³/mol. The maximum Gasteiger partial charge on any atom is 0.573 e. The van der Waals surface area contributed by atoms with Gasteiger partial charge in [-0.15, -0.1) is 13.2 Å². The Kier molecular flexibility index (Phi) is 7.14. The lowest BCUT2D eigenvalue weighted by Crippen LogP contribution is -2.47. The van der Waals surface area contributed by atoms with E-state index in [0.717, 1.165) is 33.9 Å². The summed E-state index contributed by atoms with van der Waals surface area (Å²) in [5.74, 6) is 1.15. The summed E-state index contributed by atoms with van der Waals surface area (Å²) >= 11 is 0. The Hall–Kier alpha value is -4.54. The van der Waals surface area contributed by atoms with Crippen LogP contribution in [0.1, 0.15) is 23.7 Å². The Morgan fingerprint density at radius 1 is 1.00 bits per heavy atom. The quantitative estimate of drug-likeness (QED) is 0.433. The molecule has 0 radical (unpaired) electrons. The number of rotatable bonds is 7. The van der Waals surface area contributed by atoms with Gasteiger partial charge in [-0.25, -0.2) is 9.97 Å². The first kappa shape index (κ1) is 26.1. The molecule has 1 saturated heterocycles. The summed E-state index contributed by atoms with van der Waals surface area (Å²) < 4.78 is 41.1. The average Bonchev–Trinajstić information content (AvgIpc) is 3.34. The van der Waals surface area contributed by atoms with Gasteiger partial charge in [0, 0.05) is 56.5 Å². The lowest BCUT2D eigenvalue weighted by atomic mass is 10.0. The van der Waals surface area contributed by atoms with Crippen LogP contribution in [0.5, 0.6) is 5.75 Å². The highest BCUT2D eigenvalue weighted by atomic mass is 19.4. The van der Waals surface area contributed by atoms with Crippen LogP contribution in [0, 0.1) is 0 Å². The highest BCUT2D eigenvalue weighted by Crippen LogP contribution is 2.36. The third kappa shape index (κ3) is 6.31. The number of halogens is 3. The van der Waals surface area contributed by atoms with E-state index >= 15 is 0 Å². The second kappa shape index (κ2) is 10.7. The number of anilines is 3. The summed E-state index contributed by atoms with van der Waals surface area (Å²) in [6, 6.07) is 13.3. The number of aromatic nitrogens is 2. The van der Waals surface area contributed by atoms with Crippen LogP contribution in [-0.2, 0) is 11.2 Å². The second-order valence-corrected chi connectivity index (χ2v) is 9.28. The number of carbonyl (C=O) groups excluding carboxylic acids is 1. The Balaban J connectivity index is 1.22. The van der Waals surface area contributed by atoms with Gasteiger partial charge in [0.05, 0.1) is 11.5 Å². The molecule has 1 fully saturated rings. The minimum atomic E-state index is -4.72. The van der Waals surface area contributed by atoms with Crippen molar-refractivity contribution in [3.63, 3.8) is 0 Å². The molecule has 2 aromatic carbocycles. The van der Waals surface area contributed by atoms with Crippen molar-refractivity contribution in [3.05, 3.63) is 84.1 Å². The van der Waals surface area contributed by atoms with Gasteiger partial charge in [0.25, 0.3) is 0 Å². The third-order valence-electron chi connectivity index (χ3n) is 6.51. The average molecular weight is 537 g/mol. The fraction of sp³-hybridized carbons (Fsp3) is 0.250. The predicted octanol–water partition coefficient (Wildman–Crippen LogP) is 5.14. The van der Waals surface area contributed by atoms with Crippen molar-refractivity contribution in [1.82, 2.24) is 14.9 Å². The molecule has 2 aliphatic rings. The molecule has 2 heterocycles. The largest absolute Gasteiger partial charge is 0.573 e. The van der Waals surface area contributed by atoms with Gasteiger partial charge in [0.15, 0.2) is 0 Å². The molecule has 5 rings (SSSR count).